The minimum atomic E-state index is 0.730. The van der Waals surface area contributed by atoms with Crippen LogP contribution < -0.4 is 9.47 Å². The molecule has 2 aromatic carbocycles. The number of nitrogens with zero attached hydrogens (tertiary/aromatic N) is 1. The van der Waals surface area contributed by atoms with Crippen molar-refractivity contribution in [3.05, 3.63) is 54.1 Å². The molecule has 104 valence electrons. The number of pyridine rings is 1. The number of fused-ring (bicyclic) bond motifs is 3. The zero-order valence-electron chi connectivity index (χ0n) is 11.8. The van der Waals surface area contributed by atoms with Crippen LogP contribution >= 0.6 is 0 Å². The van der Waals surface area contributed by atoms with Crippen molar-refractivity contribution in [3.63, 3.8) is 0 Å². The highest BCUT2D eigenvalue weighted by Crippen LogP contribution is 2.39. The Bertz CT molecular complexity index is 809. The van der Waals surface area contributed by atoms with Gasteiger partial charge in [-0.25, -0.2) is 4.98 Å². The maximum atomic E-state index is 5.85. The van der Waals surface area contributed by atoms with Crippen molar-refractivity contribution in [2.24, 2.45) is 0 Å². The summed E-state index contributed by atoms with van der Waals surface area (Å²) in [6, 6.07) is 16.2. The molecule has 3 aromatic rings. The average molecular weight is 277 g/mol. The van der Waals surface area contributed by atoms with Gasteiger partial charge in [-0.1, -0.05) is 12.1 Å². The molecule has 1 aliphatic heterocycles. The number of para-hydroxylation sites is 1. The van der Waals surface area contributed by atoms with Crippen LogP contribution in [0.15, 0.2) is 48.5 Å². The lowest BCUT2D eigenvalue weighted by Gasteiger charge is -2.10. The van der Waals surface area contributed by atoms with Crippen LogP contribution in [0.25, 0.3) is 22.2 Å². The second-order valence-electron chi connectivity index (χ2n) is 5.11. The van der Waals surface area contributed by atoms with Gasteiger partial charge >= 0.3 is 0 Å². The standard InChI is InChI=1S/C18H15NO2/c1-20-13-8-6-12(7-9-13)17-15-10-11-21-18(15)14-4-2-3-5-16(14)19-17/h2-9H,10-11H2,1H3. The van der Waals surface area contributed by atoms with Crippen LogP contribution in [0.5, 0.6) is 11.5 Å². The molecule has 4 rings (SSSR count). The second kappa shape index (κ2) is 4.77. The summed E-state index contributed by atoms with van der Waals surface area (Å²) in [5.74, 6) is 1.85. The predicted octanol–water partition coefficient (Wildman–Crippen LogP) is 3.85. The second-order valence-corrected chi connectivity index (χ2v) is 5.11. The molecule has 3 heteroatoms. The van der Waals surface area contributed by atoms with Crippen LogP contribution in [0.4, 0.5) is 0 Å². The first-order valence-corrected chi connectivity index (χ1v) is 7.05. The number of hydrogen-bond acceptors (Lipinski definition) is 3. The van der Waals surface area contributed by atoms with Gasteiger partial charge in [-0.15, -0.1) is 0 Å². The van der Waals surface area contributed by atoms with Gasteiger partial charge in [0.15, 0.2) is 0 Å². The van der Waals surface area contributed by atoms with Gasteiger partial charge in [0, 0.05) is 22.9 Å². The van der Waals surface area contributed by atoms with Crippen molar-refractivity contribution in [2.45, 2.75) is 6.42 Å². The normalized spacial score (nSPS) is 13.0. The van der Waals surface area contributed by atoms with Crippen molar-refractivity contribution < 1.29 is 9.47 Å². The van der Waals surface area contributed by atoms with E-state index in [0.29, 0.717) is 0 Å². The summed E-state index contributed by atoms with van der Waals surface area (Å²) < 4.78 is 11.1. The van der Waals surface area contributed by atoms with E-state index in [1.54, 1.807) is 7.11 Å². The summed E-state index contributed by atoms with van der Waals surface area (Å²) in [5, 5.41) is 1.10. The minimum absolute atomic E-state index is 0.730. The highest BCUT2D eigenvalue weighted by atomic mass is 16.5. The largest absolute Gasteiger partial charge is 0.497 e. The van der Waals surface area contributed by atoms with E-state index in [0.717, 1.165) is 46.7 Å². The van der Waals surface area contributed by atoms with E-state index in [9.17, 15) is 0 Å². The molecule has 3 nitrogen and oxygen atoms in total. The number of methoxy groups -OCH3 is 1. The van der Waals surface area contributed by atoms with Crippen LogP contribution in [-0.4, -0.2) is 18.7 Å². The van der Waals surface area contributed by atoms with E-state index >= 15 is 0 Å². The first-order chi connectivity index (χ1) is 10.4. The molecule has 2 heterocycles. The highest BCUT2D eigenvalue weighted by Gasteiger charge is 2.21. The summed E-state index contributed by atoms with van der Waals surface area (Å²) >= 11 is 0. The van der Waals surface area contributed by atoms with Crippen molar-refractivity contribution in [1.29, 1.82) is 0 Å². The lowest BCUT2D eigenvalue weighted by atomic mass is 10.0. The van der Waals surface area contributed by atoms with Crippen molar-refractivity contribution in [3.8, 4) is 22.8 Å². The van der Waals surface area contributed by atoms with Gasteiger partial charge in [-0.05, 0) is 36.4 Å². The molecular formula is C18H15NO2. The van der Waals surface area contributed by atoms with E-state index in [1.807, 2.05) is 30.3 Å². The maximum absolute atomic E-state index is 5.85. The summed E-state index contributed by atoms with van der Waals surface area (Å²) in [7, 11) is 1.68. The smallest absolute Gasteiger partial charge is 0.134 e. The molecule has 0 unspecified atom stereocenters. The fourth-order valence-electron chi connectivity index (χ4n) is 2.86. The first kappa shape index (κ1) is 12.2. The zero-order chi connectivity index (χ0) is 14.2. The summed E-state index contributed by atoms with van der Waals surface area (Å²) in [6.45, 7) is 0.730. The molecule has 0 radical (unpaired) electrons. The van der Waals surface area contributed by atoms with E-state index in [4.69, 9.17) is 14.5 Å². The number of ether oxygens (including phenoxy) is 2. The Kier molecular flexibility index (Phi) is 2.78. The Morgan fingerprint density at radius 2 is 1.86 bits per heavy atom. The van der Waals surface area contributed by atoms with Crippen LogP contribution in [-0.2, 0) is 6.42 Å². The molecule has 0 N–H and O–H groups in total. The molecule has 0 aliphatic carbocycles. The number of hydrogen-bond donors (Lipinski definition) is 0. The summed E-state index contributed by atoms with van der Waals surface area (Å²) in [5.41, 5.74) is 4.30. The Hall–Kier alpha value is -2.55. The van der Waals surface area contributed by atoms with Gasteiger partial charge in [-0.2, -0.15) is 0 Å². The molecule has 21 heavy (non-hydrogen) atoms. The van der Waals surface area contributed by atoms with E-state index in [2.05, 4.69) is 18.2 Å². The summed E-state index contributed by atoms with van der Waals surface area (Å²) in [6.07, 6.45) is 0.911. The van der Waals surface area contributed by atoms with E-state index in [1.165, 1.54) is 5.56 Å². The van der Waals surface area contributed by atoms with Crippen LogP contribution in [0.3, 0.4) is 0 Å². The lowest BCUT2D eigenvalue weighted by Crippen LogP contribution is -1.92. The average Bonchev–Trinajstić information content (AvgIpc) is 3.04. The molecule has 1 aromatic heterocycles. The Morgan fingerprint density at radius 3 is 2.67 bits per heavy atom. The quantitative estimate of drug-likeness (QED) is 0.713. The number of benzene rings is 2. The monoisotopic (exact) mass is 277 g/mol. The lowest BCUT2D eigenvalue weighted by molar-refractivity contribution is 0.360. The third-order valence-corrected chi connectivity index (χ3v) is 3.90. The minimum Gasteiger partial charge on any atom is -0.497 e. The maximum Gasteiger partial charge on any atom is 0.134 e. The Balaban J connectivity index is 1.95. The van der Waals surface area contributed by atoms with Gasteiger partial charge < -0.3 is 9.47 Å². The molecule has 0 saturated carbocycles. The Morgan fingerprint density at radius 1 is 1.05 bits per heavy atom. The Labute approximate surface area is 123 Å². The van der Waals surface area contributed by atoms with E-state index in [-0.39, 0.29) is 0 Å². The van der Waals surface area contributed by atoms with Crippen molar-refractivity contribution in [2.75, 3.05) is 13.7 Å². The van der Waals surface area contributed by atoms with Crippen LogP contribution in [0.2, 0.25) is 0 Å². The number of aromatic nitrogens is 1. The molecule has 0 fully saturated rings. The van der Waals surface area contributed by atoms with Gasteiger partial charge in [0.2, 0.25) is 0 Å². The predicted molar refractivity (Wildman–Crippen MR) is 82.9 cm³/mol. The van der Waals surface area contributed by atoms with Crippen molar-refractivity contribution >= 4 is 10.9 Å². The highest BCUT2D eigenvalue weighted by molar-refractivity contribution is 5.90. The number of rotatable bonds is 2. The fourth-order valence-corrected chi connectivity index (χ4v) is 2.86. The van der Waals surface area contributed by atoms with Gasteiger partial charge in [0.05, 0.1) is 24.9 Å². The zero-order valence-corrected chi connectivity index (χ0v) is 11.8. The topological polar surface area (TPSA) is 31.4 Å². The third-order valence-electron chi connectivity index (χ3n) is 3.90. The first-order valence-electron chi connectivity index (χ1n) is 7.05. The van der Waals surface area contributed by atoms with Gasteiger partial charge in [0.25, 0.3) is 0 Å². The SMILES string of the molecule is COc1ccc(-c2nc3ccccc3c3c2CCO3)cc1. The van der Waals surface area contributed by atoms with Crippen LogP contribution in [0.1, 0.15) is 5.56 Å². The molecular weight excluding hydrogens is 262 g/mol. The third kappa shape index (κ3) is 1.93. The van der Waals surface area contributed by atoms with Crippen LogP contribution in [0, 0.1) is 0 Å². The summed E-state index contributed by atoms with van der Waals surface area (Å²) in [4.78, 5) is 4.85. The van der Waals surface area contributed by atoms with Gasteiger partial charge in [-0.3, -0.25) is 0 Å². The molecule has 0 amide bonds. The molecule has 0 saturated heterocycles. The molecule has 0 atom stereocenters. The van der Waals surface area contributed by atoms with Gasteiger partial charge in [0.1, 0.15) is 11.5 Å². The molecule has 0 spiro atoms. The van der Waals surface area contributed by atoms with Crippen molar-refractivity contribution in [1.82, 2.24) is 4.98 Å². The van der Waals surface area contributed by atoms with E-state index < -0.39 is 0 Å². The molecule has 1 aliphatic rings. The fraction of sp³-hybridized carbons (Fsp3) is 0.167. The molecule has 0 bridgehead atoms.